The van der Waals surface area contributed by atoms with E-state index in [9.17, 15) is 4.79 Å². The van der Waals surface area contributed by atoms with Crippen LogP contribution in [0.3, 0.4) is 0 Å². The fourth-order valence-electron chi connectivity index (χ4n) is 4.73. The second-order valence-electron chi connectivity index (χ2n) is 7.74. The minimum absolute atomic E-state index is 0.314. The molecule has 4 heteroatoms. The molecule has 1 spiro atoms. The smallest absolute Gasteiger partial charge is 0.226 e. The van der Waals surface area contributed by atoms with Crippen molar-refractivity contribution in [1.82, 2.24) is 9.80 Å². The lowest BCUT2D eigenvalue weighted by Gasteiger charge is -2.54. The van der Waals surface area contributed by atoms with E-state index in [0.717, 1.165) is 32.3 Å². The topological polar surface area (TPSA) is 32.8 Å². The van der Waals surface area contributed by atoms with Crippen molar-refractivity contribution >= 4 is 5.91 Å². The number of rotatable bonds is 2. The summed E-state index contributed by atoms with van der Waals surface area (Å²) in [6.45, 7) is 3.64. The zero-order valence-electron chi connectivity index (χ0n) is 12.7. The summed E-state index contributed by atoms with van der Waals surface area (Å²) in [5.41, 5.74) is 0.564. The van der Waals surface area contributed by atoms with Gasteiger partial charge in [0, 0.05) is 25.0 Å². The number of ether oxygens (including phenoxy) is 1. The molecule has 2 aliphatic carbocycles. The van der Waals surface area contributed by atoms with Gasteiger partial charge in [-0.2, -0.15) is 0 Å². The third kappa shape index (κ3) is 1.92. The Morgan fingerprint density at radius 1 is 1.15 bits per heavy atom. The normalized spacial score (nSPS) is 39.0. The van der Waals surface area contributed by atoms with Gasteiger partial charge in [0.15, 0.2) is 0 Å². The van der Waals surface area contributed by atoms with Crippen LogP contribution in [0.25, 0.3) is 0 Å². The number of hydrogen-bond acceptors (Lipinski definition) is 3. The Labute approximate surface area is 121 Å². The van der Waals surface area contributed by atoms with Crippen LogP contribution in [0.15, 0.2) is 0 Å². The van der Waals surface area contributed by atoms with Gasteiger partial charge in [0.25, 0.3) is 0 Å². The van der Waals surface area contributed by atoms with Crippen molar-refractivity contribution in [3.8, 4) is 0 Å². The van der Waals surface area contributed by atoms with Gasteiger partial charge < -0.3 is 14.5 Å². The molecule has 1 unspecified atom stereocenters. The number of nitrogens with zero attached hydrogens (tertiary/aromatic N) is 2. The highest BCUT2D eigenvalue weighted by atomic mass is 16.5. The van der Waals surface area contributed by atoms with Gasteiger partial charge in [-0.25, -0.2) is 0 Å². The molecule has 4 nitrogen and oxygen atoms in total. The summed E-state index contributed by atoms with van der Waals surface area (Å²) >= 11 is 0. The molecule has 0 radical (unpaired) electrons. The first kappa shape index (κ1) is 13.1. The van der Waals surface area contributed by atoms with Gasteiger partial charge in [-0.05, 0) is 57.0 Å². The number of amides is 1. The van der Waals surface area contributed by atoms with E-state index in [1.165, 1.54) is 25.7 Å². The summed E-state index contributed by atoms with van der Waals surface area (Å²) in [5.74, 6) is 1.86. The van der Waals surface area contributed by atoms with E-state index in [1.54, 1.807) is 0 Å². The van der Waals surface area contributed by atoms with Gasteiger partial charge in [-0.1, -0.05) is 0 Å². The number of carbonyl (C=O) groups excluding carboxylic acids is 1. The summed E-state index contributed by atoms with van der Waals surface area (Å²) < 4.78 is 5.39. The third-order valence-corrected chi connectivity index (χ3v) is 6.44. The maximum Gasteiger partial charge on any atom is 0.226 e. The molecule has 4 fully saturated rings. The molecule has 4 rings (SSSR count). The van der Waals surface area contributed by atoms with Gasteiger partial charge in [-0.15, -0.1) is 0 Å². The molecule has 3 atom stereocenters. The molecule has 112 valence electrons. The Morgan fingerprint density at radius 2 is 1.75 bits per heavy atom. The summed E-state index contributed by atoms with van der Waals surface area (Å²) in [6, 6.07) is 0.775. The summed E-state index contributed by atoms with van der Waals surface area (Å²) in [6.07, 6.45) is 5.12. The molecule has 20 heavy (non-hydrogen) atoms. The van der Waals surface area contributed by atoms with E-state index < -0.39 is 0 Å². The predicted octanol–water partition coefficient (Wildman–Crippen LogP) is 1.21. The minimum Gasteiger partial charge on any atom is -0.381 e. The van der Waals surface area contributed by atoms with Gasteiger partial charge in [0.1, 0.15) is 0 Å². The van der Waals surface area contributed by atoms with Gasteiger partial charge in [0.2, 0.25) is 5.91 Å². The van der Waals surface area contributed by atoms with Crippen LogP contribution < -0.4 is 0 Å². The van der Waals surface area contributed by atoms with E-state index in [-0.39, 0.29) is 0 Å². The van der Waals surface area contributed by atoms with Crippen molar-refractivity contribution in [1.29, 1.82) is 0 Å². The number of likely N-dealkylation sites (tertiary alicyclic amines) is 1. The minimum atomic E-state index is 0.314. The third-order valence-electron chi connectivity index (χ3n) is 6.44. The van der Waals surface area contributed by atoms with Crippen LogP contribution in [-0.2, 0) is 9.53 Å². The molecule has 0 aromatic heterocycles. The molecule has 2 saturated heterocycles. The first-order chi connectivity index (χ1) is 9.60. The molecular weight excluding hydrogens is 252 g/mol. The van der Waals surface area contributed by atoms with Crippen LogP contribution in [0, 0.1) is 23.2 Å². The van der Waals surface area contributed by atoms with Gasteiger partial charge in [-0.3, -0.25) is 4.79 Å². The second-order valence-corrected chi connectivity index (χ2v) is 7.74. The fraction of sp³-hybridized carbons (Fsp3) is 0.938. The lowest BCUT2D eigenvalue weighted by Crippen LogP contribution is -2.54. The van der Waals surface area contributed by atoms with Crippen molar-refractivity contribution in [3.63, 3.8) is 0 Å². The molecule has 0 aromatic rings. The molecule has 0 aromatic carbocycles. The van der Waals surface area contributed by atoms with Crippen LogP contribution >= 0.6 is 0 Å². The lowest BCUT2D eigenvalue weighted by atomic mass is 9.60. The molecular formula is C16H26N2O2. The highest BCUT2D eigenvalue weighted by molar-refractivity contribution is 5.82. The Bertz CT molecular complexity index is 397. The fourth-order valence-corrected chi connectivity index (χ4v) is 4.73. The first-order valence-electron chi connectivity index (χ1n) is 8.13. The van der Waals surface area contributed by atoms with E-state index >= 15 is 0 Å². The molecule has 2 heterocycles. The van der Waals surface area contributed by atoms with Crippen molar-refractivity contribution in [2.24, 2.45) is 23.2 Å². The lowest BCUT2D eigenvalue weighted by molar-refractivity contribution is -0.138. The van der Waals surface area contributed by atoms with E-state index in [0.29, 0.717) is 29.1 Å². The summed E-state index contributed by atoms with van der Waals surface area (Å²) in [4.78, 5) is 17.0. The van der Waals surface area contributed by atoms with Crippen LogP contribution in [0.1, 0.15) is 25.7 Å². The molecule has 1 amide bonds. The van der Waals surface area contributed by atoms with Crippen molar-refractivity contribution in [3.05, 3.63) is 0 Å². The maximum atomic E-state index is 12.5. The Kier molecular flexibility index (Phi) is 2.90. The molecule has 4 aliphatic rings. The first-order valence-corrected chi connectivity index (χ1v) is 8.13. The average molecular weight is 278 g/mol. The number of hydrogen-bond donors (Lipinski definition) is 0. The van der Waals surface area contributed by atoms with E-state index in [2.05, 4.69) is 23.9 Å². The van der Waals surface area contributed by atoms with Crippen LogP contribution in [-0.4, -0.2) is 62.1 Å². The predicted molar refractivity (Wildman–Crippen MR) is 76.2 cm³/mol. The Morgan fingerprint density at radius 3 is 2.30 bits per heavy atom. The highest BCUT2D eigenvalue weighted by Gasteiger charge is 2.59. The highest BCUT2D eigenvalue weighted by Crippen LogP contribution is 2.54. The van der Waals surface area contributed by atoms with Crippen LogP contribution in [0.5, 0.6) is 0 Å². The van der Waals surface area contributed by atoms with Crippen LogP contribution in [0.4, 0.5) is 0 Å². The zero-order valence-corrected chi connectivity index (χ0v) is 12.7. The van der Waals surface area contributed by atoms with Crippen molar-refractivity contribution in [2.75, 3.05) is 40.4 Å². The second kappa shape index (κ2) is 4.44. The van der Waals surface area contributed by atoms with Gasteiger partial charge >= 0.3 is 0 Å². The SMILES string of the molecule is CN(C)C1CC2(CCN(C(=O)C3[C@H]4COC[C@@H]34)CC2)C1. The largest absolute Gasteiger partial charge is 0.381 e. The zero-order chi connectivity index (χ0) is 13.9. The molecule has 2 aliphatic heterocycles. The van der Waals surface area contributed by atoms with Gasteiger partial charge in [0.05, 0.1) is 13.2 Å². The van der Waals surface area contributed by atoms with Crippen LogP contribution in [0.2, 0.25) is 0 Å². The van der Waals surface area contributed by atoms with Crippen molar-refractivity contribution in [2.45, 2.75) is 31.7 Å². The maximum absolute atomic E-state index is 12.5. The van der Waals surface area contributed by atoms with E-state index in [4.69, 9.17) is 4.74 Å². The average Bonchev–Trinajstić information content (AvgIpc) is 2.87. The number of fused-ring (bicyclic) bond motifs is 1. The van der Waals surface area contributed by atoms with Crippen molar-refractivity contribution < 1.29 is 9.53 Å². The standard InChI is InChI=1S/C16H26N2O2/c1-17(2)11-7-16(8-11)3-5-18(6-4-16)15(19)14-12-9-20-10-13(12)14/h11-14H,3-10H2,1-2H3/t12-,13+,14?. The van der Waals surface area contributed by atoms with E-state index in [1.807, 2.05) is 0 Å². The number of piperidine rings is 1. The quantitative estimate of drug-likeness (QED) is 0.761. The monoisotopic (exact) mass is 278 g/mol. The Hall–Kier alpha value is -0.610. The number of carbonyl (C=O) groups is 1. The molecule has 0 N–H and O–H groups in total. The summed E-state index contributed by atoms with van der Waals surface area (Å²) in [5, 5.41) is 0. The summed E-state index contributed by atoms with van der Waals surface area (Å²) in [7, 11) is 4.37. The Balaban J connectivity index is 1.29. The molecule has 2 saturated carbocycles. The molecule has 0 bridgehead atoms.